The first kappa shape index (κ1) is 22.7. The van der Waals surface area contributed by atoms with Gasteiger partial charge in [-0.15, -0.1) is 0 Å². The van der Waals surface area contributed by atoms with Gasteiger partial charge >= 0.3 is 0 Å². The van der Waals surface area contributed by atoms with Crippen LogP contribution in [0.25, 0.3) is 0 Å². The predicted octanol–water partition coefficient (Wildman–Crippen LogP) is 5.22. The Balaban J connectivity index is 2.11. The molecule has 0 saturated carbocycles. The highest BCUT2D eigenvalue weighted by Gasteiger charge is 2.22. The highest BCUT2D eigenvalue weighted by atomic mass is 32.1. The molecule has 1 aromatic carbocycles. The van der Waals surface area contributed by atoms with E-state index in [1.165, 1.54) is 11.5 Å². The van der Waals surface area contributed by atoms with Crippen LogP contribution in [0.3, 0.4) is 0 Å². The molecule has 0 fully saturated rings. The Kier molecular flexibility index (Phi) is 8.00. The summed E-state index contributed by atoms with van der Waals surface area (Å²) in [6.45, 7) is 9.01. The Morgan fingerprint density at radius 3 is 2.97 bits per heavy atom. The van der Waals surface area contributed by atoms with Crippen LogP contribution in [-0.4, -0.2) is 22.7 Å². The molecule has 1 amide bonds. The van der Waals surface area contributed by atoms with Crippen molar-refractivity contribution in [3.63, 3.8) is 0 Å². The Morgan fingerprint density at radius 1 is 1.35 bits per heavy atom. The fraction of sp³-hybridized carbons (Fsp3) is 0.375. The standard InChI is InChI=1S/C24H29N3O3S/c1-4-5-7-11-19-23-17(2)18(3)26-22-20(25-16-28)12-10-13-21(22)30-15-9-6-8-14-27(31-23)24(19)29/h4-5,7,10,12-13,16-17H,1,6,8-9,11,14-15H2,2-3H3,(H,25,28)/b7-5-,26-18?. The van der Waals surface area contributed by atoms with Crippen LogP contribution >= 0.6 is 11.5 Å². The Labute approximate surface area is 187 Å². The number of amides is 1. The third-order valence-corrected chi connectivity index (χ3v) is 6.73. The summed E-state index contributed by atoms with van der Waals surface area (Å²) in [5.41, 5.74) is 2.96. The van der Waals surface area contributed by atoms with Gasteiger partial charge in [-0.25, -0.2) is 0 Å². The molecule has 31 heavy (non-hydrogen) atoms. The van der Waals surface area contributed by atoms with Crippen LogP contribution in [0.4, 0.5) is 11.4 Å². The number of para-hydroxylation sites is 1. The van der Waals surface area contributed by atoms with Crippen molar-refractivity contribution in [2.75, 3.05) is 11.9 Å². The fourth-order valence-electron chi connectivity index (χ4n) is 3.54. The summed E-state index contributed by atoms with van der Waals surface area (Å²) in [6, 6.07) is 5.53. The van der Waals surface area contributed by atoms with Crippen LogP contribution in [0, 0.1) is 0 Å². The van der Waals surface area contributed by atoms with Gasteiger partial charge in [0.25, 0.3) is 5.56 Å². The van der Waals surface area contributed by atoms with Crippen molar-refractivity contribution in [3.05, 3.63) is 63.8 Å². The van der Waals surface area contributed by atoms with E-state index in [9.17, 15) is 9.59 Å². The number of rotatable bonds is 5. The largest absolute Gasteiger partial charge is 0.491 e. The molecule has 1 aliphatic rings. The molecule has 1 atom stereocenters. The SMILES string of the molecule is C=C/C=C\Cc1c2sn(c1=O)CCCCCOc1cccc(NC=O)c1N=C(C)C2C. The Hall–Kier alpha value is -2.93. The molecule has 2 aromatic rings. The van der Waals surface area contributed by atoms with Crippen LogP contribution < -0.4 is 15.6 Å². The molecule has 6 nitrogen and oxygen atoms in total. The molecule has 1 aliphatic heterocycles. The molecule has 0 radical (unpaired) electrons. The first-order valence-corrected chi connectivity index (χ1v) is 11.4. The predicted molar refractivity (Wildman–Crippen MR) is 128 cm³/mol. The van der Waals surface area contributed by atoms with Gasteiger partial charge in [-0.05, 0) is 44.7 Å². The second-order valence-corrected chi connectivity index (χ2v) is 8.57. The van der Waals surface area contributed by atoms with Crippen molar-refractivity contribution in [1.29, 1.82) is 0 Å². The quantitative estimate of drug-likeness (QED) is 0.513. The van der Waals surface area contributed by atoms with Crippen LogP contribution in [0.1, 0.15) is 49.5 Å². The minimum Gasteiger partial charge on any atom is -0.491 e. The number of carbonyl (C=O) groups is 1. The molecule has 3 rings (SSSR count). The zero-order valence-electron chi connectivity index (χ0n) is 18.1. The summed E-state index contributed by atoms with van der Waals surface area (Å²) < 4.78 is 7.87. The van der Waals surface area contributed by atoms with Gasteiger partial charge in [0, 0.05) is 28.6 Å². The van der Waals surface area contributed by atoms with Crippen LogP contribution in [0.15, 0.2) is 52.8 Å². The van der Waals surface area contributed by atoms with Gasteiger partial charge in [0.05, 0.1) is 12.3 Å². The third-order valence-electron chi connectivity index (χ3n) is 5.37. The summed E-state index contributed by atoms with van der Waals surface area (Å²) in [6.07, 6.45) is 9.53. The molecule has 0 spiro atoms. The maximum Gasteiger partial charge on any atom is 0.264 e. The highest BCUT2D eigenvalue weighted by Crippen LogP contribution is 2.37. The van der Waals surface area contributed by atoms with E-state index in [2.05, 4.69) is 18.8 Å². The average molecular weight is 440 g/mol. The number of allylic oxidation sites excluding steroid dienone is 3. The van der Waals surface area contributed by atoms with E-state index in [4.69, 9.17) is 9.73 Å². The van der Waals surface area contributed by atoms with Crippen LogP contribution in [-0.2, 0) is 17.8 Å². The van der Waals surface area contributed by atoms with E-state index in [1.807, 2.05) is 41.2 Å². The lowest BCUT2D eigenvalue weighted by Crippen LogP contribution is -2.17. The lowest BCUT2D eigenvalue weighted by atomic mass is 9.99. The molecule has 1 N–H and O–H groups in total. The fourth-order valence-corrected chi connectivity index (χ4v) is 4.80. The number of anilines is 1. The summed E-state index contributed by atoms with van der Waals surface area (Å²) >= 11 is 1.54. The number of hydrogen-bond acceptors (Lipinski definition) is 5. The third kappa shape index (κ3) is 5.41. The second-order valence-electron chi connectivity index (χ2n) is 7.51. The zero-order valence-corrected chi connectivity index (χ0v) is 18.9. The lowest BCUT2D eigenvalue weighted by Gasteiger charge is -2.16. The summed E-state index contributed by atoms with van der Waals surface area (Å²) in [7, 11) is 0. The number of hydrogen-bond donors (Lipinski definition) is 1. The molecule has 0 saturated heterocycles. The normalized spacial score (nSPS) is 17.2. The monoisotopic (exact) mass is 439 g/mol. The first-order valence-electron chi connectivity index (χ1n) is 10.6. The van der Waals surface area contributed by atoms with Gasteiger partial charge in [0.15, 0.2) is 0 Å². The topological polar surface area (TPSA) is 72.7 Å². The van der Waals surface area contributed by atoms with E-state index < -0.39 is 0 Å². The van der Waals surface area contributed by atoms with Crippen molar-refractivity contribution in [2.24, 2.45) is 4.99 Å². The number of benzene rings is 1. The number of aromatic nitrogens is 1. The zero-order chi connectivity index (χ0) is 22.2. The first-order chi connectivity index (χ1) is 15.1. The Morgan fingerprint density at radius 2 is 2.19 bits per heavy atom. The van der Waals surface area contributed by atoms with Crippen molar-refractivity contribution in [1.82, 2.24) is 3.96 Å². The highest BCUT2D eigenvalue weighted by molar-refractivity contribution is 7.06. The second kappa shape index (κ2) is 10.9. The molecule has 1 unspecified atom stereocenters. The van der Waals surface area contributed by atoms with Crippen molar-refractivity contribution >= 4 is 35.0 Å². The smallest absolute Gasteiger partial charge is 0.264 e. The van der Waals surface area contributed by atoms with E-state index >= 15 is 0 Å². The number of carbonyl (C=O) groups excluding carboxylic acids is 1. The molecule has 2 heterocycles. The van der Waals surface area contributed by atoms with E-state index in [-0.39, 0.29) is 11.5 Å². The Bertz CT molecular complexity index is 1050. The minimum absolute atomic E-state index is 0.0499. The summed E-state index contributed by atoms with van der Waals surface area (Å²) in [5.74, 6) is 0.599. The number of aryl methyl sites for hydroxylation is 1. The maximum atomic E-state index is 13.1. The van der Waals surface area contributed by atoms with Gasteiger partial charge in [0.2, 0.25) is 6.41 Å². The number of ether oxygens (including phenoxy) is 1. The summed E-state index contributed by atoms with van der Waals surface area (Å²) in [4.78, 5) is 30.1. The van der Waals surface area contributed by atoms with Crippen molar-refractivity contribution in [3.8, 4) is 5.75 Å². The minimum atomic E-state index is -0.0499. The number of aliphatic imine (C=N–C) groups is 1. The van der Waals surface area contributed by atoms with Crippen LogP contribution in [0.5, 0.6) is 5.75 Å². The van der Waals surface area contributed by atoms with Crippen molar-refractivity contribution in [2.45, 2.75) is 52.0 Å². The molecule has 0 aliphatic carbocycles. The molecule has 1 aromatic heterocycles. The molecular formula is C24H29N3O3S. The molecule has 2 bridgehead atoms. The van der Waals surface area contributed by atoms with Gasteiger partial charge < -0.3 is 10.1 Å². The number of nitrogens with zero attached hydrogens (tertiary/aromatic N) is 2. The molecule has 164 valence electrons. The van der Waals surface area contributed by atoms with Crippen LogP contribution in [0.2, 0.25) is 0 Å². The molecule has 7 heteroatoms. The number of fused-ring (bicyclic) bond motifs is 3. The van der Waals surface area contributed by atoms with E-state index in [0.717, 1.165) is 35.4 Å². The number of nitrogens with one attached hydrogen (secondary N) is 1. The summed E-state index contributed by atoms with van der Waals surface area (Å²) in [5, 5.41) is 2.72. The maximum absolute atomic E-state index is 13.1. The average Bonchev–Trinajstić information content (AvgIpc) is 3.07. The van der Waals surface area contributed by atoms with E-state index in [1.54, 1.807) is 6.08 Å². The van der Waals surface area contributed by atoms with Gasteiger partial charge in [-0.2, -0.15) is 0 Å². The van der Waals surface area contributed by atoms with E-state index in [0.29, 0.717) is 43.1 Å². The van der Waals surface area contributed by atoms with Gasteiger partial charge in [-0.1, -0.05) is 49.3 Å². The van der Waals surface area contributed by atoms with Crippen molar-refractivity contribution < 1.29 is 9.53 Å². The van der Waals surface area contributed by atoms with Gasteiger partial charge in [-0.3, -0.25) is 18.5 Å². The van der Waals surface area contributed by atoms with Gasteiger partial charge in [0.1, 0.15) is 11.4 Å². The molecular weight excluding hydrogens is 410 g/mol. The lowest BCUT2D eigenvalue weighted by molar-refractivity contribution is -0.105.